The summed E-state index contributed by atoms with van der Waals surface area (Å²) in [4.78, 5) is 56.8. The van der Waals surface area contributed by atoms with Crippen LogP contribution in [0.5, 0.6) is 17.2 Å². The van der Waals surface area contributed by atoms with Gasteiger partial charge in [-0.15, -0.1) is 11.3 Å². The Kier molecular flexibility index (Phi) is 12.0. The minimum Gasteiger partial charge on any atom is -0.497 e. The van der Waals surface area contributed by atoms with Crippen molar-refractivity contribution in [2.75, 3.05) is 27.3 Å². The minimum atomic E-state index is -3.88. The van der Waals surface area contributed by atoms with Gasteiger partial charge in [0.05, 0.1) is 37.2 Å². The lowest BCUT2D eigenvalue weighted by Gasteiger charge is -2.32. The number of nitrogens with one attached hydrogen (secondary N) is 2. The van der Waals surface area contributed by atoms with Crippen molar-refractivity contribution in [3.63, 3.8) is 0 Å². The van der Waals surface area contributed by atoms with Gasteiger partial charge in [-0.1, -0.05) is 44.6 Å². The summed E-state index contributed by atoms with van der Waals surface area (Å²) in [6.07, 6.45) is 7.85. The average molecular weight is 871 g/mol. The lowest BCUT2D eigenvalue weighted by molar-refractivity contribution is -0.131. The number of methoxy groups -OCH3 is 2. The Labute approximate surface area is 361 Å². The molecule has 3 fully saturated rings. The van der Waals surface area contributed by atoms with Gasteiger partial charge in [0.2, 0.25) is 15.9 Å². The number of hydrogen-bond acceptors (Lipinski definition) is 11. The zero-order valence-corrected chi connectivity index (χ0v) is 36.9. The normalized spacial score (nSPS) is 24.0. The highest BCUT2D eigenvalue weighted by Gasteiger charge is 2.62. The van der Waals surface area contributed by atoms with Crippen LogP contribution in [0.3, 0.4) is 0 Å². The van der Waals surface area contributed by atoms with E-state index in [1.54, 1.807) is 24.0 Å². The van der Waals surface area contributed by atoms with Crippen LogP contribution in [0.2, 0.25) is 0 Å². The lowest BCUT2D eigenvalue weighted by atomic mass is 10.1. The molecule has 61 heavy (non-hydrogen) atoms. The average Bonchev–Trinajstić information content (AvgIpc) is 4.12. The van der Waals surface area contributed by atoms with Gasteiger partial charge in [0.15, 0.2) is 0 Å². The molecule has 2 N–H and O–H groups in total. The number of urea groups is 1. The summed E-state index contributed by atoms with van der Waals surface area (Å²) < 4.78 is 46.2. The number of carbonyl (C=O) groups excluding carboxylic acids is 3. The Hall–Kier alpha value is -5.22. The molecule has 0 spiro atoms. The van der Waals surface area contributed by atoms with Crippen LogP contribution < -0.4 is 24.2 Å². The predicted octanol–water partition coefficient (Wildman–Crippen LogP) is 6.86. The Morgan fingerprint density at radius 3 is 2.52 bits per heavy atom. The van der Waals surface area contributed by atoms with Gasteiger partial charge in [0.1, 0.15) is 45.6 Å². The van der Waals surface area contributed by atoms with Crippen LogP contribution >= 0.6 is 11.3 Å². The third-order valence-electron chi connectivity index (χ3n) is 12.2. The fourth-order valence-electron chi connectivity index (χ4n) is 8.34. The first kappa shape index (κ1) is 42.5. The molecule has 16 heteroatoms. The van der Waals surface area contributed by atoms with Crippen molar-refractivity contribution >= 4 is 50.1 Å². The quantitative estimate of drug-likeness (QED) is 0.152. The molecule has 2 aromatic heterocycles. The van der Waals surface area contributed by atoms with Gasteiger partial charge in [-0.3, -0.25) is 14.3 Å². The summed E-state index contributed by atoms with van der Waals surface area (Å²) in [5.41, 5.74) is 2.53. The molecule has 0 radical (unpaired) electrons. The second kappa shape index (κ2) is 17.3. The summed E-state index contributed by atoms with van der Waals surface area (Å²) >= 11 is 1.50. The van der Waals surface area contributed by atoms with Crippen molar-refractivity contribution in [1.29, 1.82) is 0 Å². The molecule has 1 saturated heterocycles. The number of thiazole rings is 1. The smallest absolute Gasteiger partial charge is 0.321 e. The Morgan fingerprint density at radius 2 is 1.82 bits per heavy atom. The van der Waals surface area contributed by atoms with E-state index in [1.807, 2.05) is 66.9 Å². The van der Waals surface area contributed by atoms with Gasteiger partial charge in [-0.2, -0.15) is 0 Å². The highest BCUT2D eigenvalue weighted by molar-refractivity contribution is 7.91. The molecule has 4 amide bonds. The molecule has 0 bridgehead atoms. The molecule has 2 aliphatic heterocycles. The number of pyridine rings is 1. The van der Waals surface area contributed by atoms with E-state index in [2.05, 4.69) is 23.9 Å². The maximum Gasteiger partial charge on any atom is 0.321 e. The molecule has 14 nitrogen and oxygen atoms in total. The second-order valence-electron chi connectivity index (χ2n) is 16.9. The molecule has 4 atom stereocenters. The third kappa shape index (κ3) is 8.92. The Bertz CT molecular complexity index is 2450. The van der Waals surface area contributed by atoms with Gasteiger partial charge < -0.3 is 29.3 Å². The van der Waals surface area contributed by atoms with E-state index in [0.29, 0.717) is 54.4 Å². The van der Waals surface area contributed by atoms with Crippen molar-refractivity contribution in [3.8, 4) is 28.0 Å². The Balaban J connectivity index is 1.15. The molecule has 4 aromatic rings. The fraction of sp³-hybridized carbons (Fsp3) is 0.489. The summed E-state index contributed by atoms with van der Waals surface area (Å²) in [5, 5.41) is 5.88. The number of aryl methyl sites for hydroxylation is 1. The number of hydrogen-bond donors (Lipinski definition) is 2. The third-order valence-corrected chi connectivity index (χ3v) is 14.9. The van der Waals surface area contributed by atoms with Crippen molar-refractivity contribution < 1.29 is 37.0 Å². The summed E-state index contributed by atoms with van der Waals surface area (Å²) in [7, 11) is -0.665. The van der Waals surface area contributed by atoms with Crippen LogP contribution in [-0.2, 0) is 26.2 Å². The van der Waals surface area contributed by atoms with Crippen LogP contribution in [0, 0.1) is 12.8 Å². The number of ether oxygens (including phenoxy) is 3. The topological polar surface area (TPSA) is 169 Å². The summed E-state index contributed by atoms with van der Waals surface area (Å²) in [6.45, 7) is 6.97. The fourth-order valence-corrected chi connectivity index (χ4v) is 10.6. The molecular formula is C45H54N6O8S2. The molecule has 0 unspecified atom stereocenters. The number of nitrogens with zero attached hydrogens (tertiary/aromatic N) is 4. The number of fused-ring (bicyclic) bond motifs is 3. The van der Waals surface area contributed by atoms with Gasteiger partial charge in [0.25, 0.3) is 5.91 Å². The second-order valence-corrected chi connectivity index (χ2v) is 19.8. The van der Waals surface area contributed by atoms with Crippen LogP contribution in [-0.4, -0.2) is 96.3 Å². The first-order chi connectivity index (χ1) is 29.3. The number of rotatable bonds is 11. The van der Waals surface area contributed by atoms with E-state index in [1.165, 1.54) is 11.3 Å². The van der Waals surface area contributed by atoms with Gasteiger partial charge >= 0.3 is 6.03 Å². The molecule has 4 aliphatic rings. The van der Waals surface area contributed by atoms with E-state index in [9.17, 15) is 22.8 Å². The first-order valence-electron chi connectivity index (χ1n) is 21.1. The number of benzene rings is 2. The number of amides is 4. The molecule has 2 aromatic carbocycles. The largest absolute Gasteiger partial charge is 0.497 e. The van der Waals surface area contributed by atoms with Crippen LogP contribution in [0.15, 0.2) is 60.0 Å². The SMILES string of the molecule is COc1ccc(CN2CCCCC/C=C\[C@@H]3C[C@@]3(C(=O)NS(=O)(=O)C3CC3)NC(=O)[C@@H]3C[C@@H](Oc4cc(-c5nc(C(C)C)cs5)nc5c(C)c(OC)ccc45)CN3C2=O)cc1. The van der Waals surface area contributed by atoms with Crippen molar-refractivity contribution in [1.82, 2.24) is 29.8 Å². The van der Waals surface area contributed by atoms with Gasteiger partial charge in [0, 0.05) is 47.8 Å². The zero-order valence-electron chi connectivity index (χ0n) is 35.3. The van der Waals surface area contributed by atoms with E-state index in [0.717, 1.165) is 52.9 Å². The molecule has 8 rings (SSSR count). The van der Waals surface area contributed by atoms with E-state index in [-0.39, 0.29) is 31.3 Å². The van der Waals surface area contributed by atoms with E-state index < -0.39 is 50.7 Å². The van der Waals surface area contributed by atoms with Gasteiger partial charge in [-0.05, 0) is 81.2 Å². The van der Waals surface area contributed by atoms with E-state index >= 15 is 0 Å². The van der Waals surface area contributed by atoms with Crippen molar-refractivity contribution in [3.05, 3.63) is 76.8 Å². The van der Waals surface area contributed by atoms with Gasteiger partial charge in [-0.25, -0.2) is 23.2 Å². The van der Waals surface area contributed by atoms with Crippen LogP contribution in [0.4, 0.5) is 4.79 Å². The molecule has 324 valence electrons. The number of allylic oxidation sites excluding steroid dienone is 1. The minimum absolute atomic E-state index is 0.0810. The summed E-state index contributed by atoms with van der Waals surface area (Å²) in [6, 6.07) is 11.8. The van der Waals surface area contributed by atoms with Crippen molar-refractivity contribution in [2.24, 2.45) is 5.92 Å². The molecule has 4 heterocycles. The Morgan fingerprint density at radius 1 is 1.03 bits per heavy atom. The molecular weight excluding hydrogens is 817 g/mol. The maximum absolute atomic E-state index is 14.9. The standard InChI is InChI=1S/C45H54N6O8S2/c1-27(2)36-26-60-42(47-36)35-22-39(34-18-19-38(58-5)28(3)40(34)46-35)59-32-21-37-41(52)48-45(43(53)49-61(55,56)33-16-17-33)23-30(45)11-9-7-6-8-10-20-50(44(54)51(37)25-32)24-29-12-14-31(57-4)15-13-29/h9,11-15,18-19,22,26-27,30,32-33,37H,6-8,10,16-17,20-21,23-25H2,1-5H3,(H,48,52)(H,49,53)/b11-9-/t30-,32-,37+,45-/m1/s1. The monoisotopic (exact) mass is 870 g/mol. The highest BCUT2D eigenvalue weighted by Crippen LogP contribution is 2.46. The lowest BCUT2D eigenvalue weighted by Crippen LogP contribution is -2.57. The highest BCUT2D eigenvalue weighted by atomic mass is 32.2. The predicted molar refractivity (Wildman–Crippen MR) is 233 cm³/mol. The van der Waals surface area contributed by atoms with Crippen molar-refractivity contribution in [2.45, 2.75) is 108 Å². The molecule has 2 saturated carbocycles. The van der Waals surface area contributed by atoms with Crippen LogP contribution in [0.25, 0.3) is 21.6 Å². The number of aromatic nitrogens is 2. The molecule has 2 aliphatic carbocycles. The van der Waals surface area contributed by atoms with Crippen LogP contribution in [0.1, 0.15) is 88.0 Å². The van der Waals surface area contributed by atoms with E-state index in [4.69, 9.17) is 24.2 Å². The number of sulfonamides is 1. The number of carbonyl (C=O) groups is 3. The maximum atomic E-state index is 14.9. The zero-order chi connectivity index (χ0) is 43.1. The summed E-state index contributed by atoms with van der Waals surface area (Å²) in [5.74, 6) is 0.440. The first-order valence-corrected chi connectivity index (χ1v) is 23.6.